The third-order valence-corrected chi connectivity index (χ3v) is 10.7. The number of piperidine rings is 1. The van der Waals surface area contributed by atoms with Gasteiger partial charge in [0.05, 0.1) is 17.1 Å². The summed E-state index contributed by atoms with van der Waals surface area (Å²) in [5.41, 5.74) is 1.10. The molecular weight excluding hydrogens is 548 g/mol. The van der Waals surface area contributed by atoms with Crippen LogP contribution in [-0.4, -0.2) is 64.2 Å². The van der Waals surface area contributed by atoms with Crippen molar-refractivity contribution in [2.45, 2.75) is 68.7 Å². The number of amides is 1. The van der Waals surface area contributed by atoms with Crippen LogP contribution in [0.15, 0.2) is 52.8 Å². The number of likely N-dealkylation sites (tertiary alicyclic amines) is 1. The zero-order valence-electron chi connectivity index (χ0n) is 21.5. The van der Waals surface area contributed by atoms with Crippen molar-refractivity contribution in [2.75, 3.05) is 19.6 Å². The van der Waals surface area contributed by atoms with Crippen LogP contribution < -0.4 is 4.74 Å². The molecule has 6 rings (SSSR count). The van der Waals surface area contributed by atoms with Gasteiger partial charge in [-0.05, 0) is 77.8 Å². The highest BCUT2D eigenvalue weighted by atomic mass is 79.9. The fourth-order valence-electron chi connectivity index (χ4n) is 7.73. The molecule has 1 amide bonds. The van der Waals surface area contributed by atoms with E-state index >= 15 is 0 Å². The Kier molecular flexibility index (Phi) is 6.42. The lowest BCUT2D eigenvalue weighted by molar-refractivity contribution is -0.199. The maximum atomic E-state index is 13.8. The first kappa shape index (κ1) is 25.4. The molecule has 1 aromatic carbocycles. The normalized spacial score (nSPS) is 31.9. The van der Waals surface area contributed by atoms with Crippen LogP contribution in [0.2, 0.25) is 0 Å². The van der Waals surface area contributed by atoms with E-state index in [1.54, 1.807) is 17.4 Å². The number of nitrogens with zero attached hydrogens (tertiary/aromatic N) is 2. The number of hydrogen-bond acceptors (Lipinski definition) is 5. The zero-order chi connectivity index (χ0) is 25.9. The predicted octanol–water partition coefficient (Wildman–Crippen LogP) is 5.42. The summed E-state index contributed by atoms with van der Waals surface area (Å²) in [5, 5.41) is 14.6. The van der Waals surface area contributed by atoms with Crippen LogP contribution in [0.3, 0.4) is 0 Å². The van der Waals surface area contributed by atoms with E-state index in [1.165, 1.54) is 11.1 Å². The fourth-order valence-corrected chi connectivity index (χ4v) is 9.06. The highest BCUT2D eigenvalue weighted by molar-refractivity contribution is 9.10. The highest BCUT2D eigenvalue weighted by Crippen LogP contribution is 2.64. The molecule has 7 heteroatoms. The fraction of sp³-hybridized carbons (Fsp3) is 0.500. The van der Waals surface area contributed by atoms with E-state index in [-0.39, 0.29) is 24.1 Å². The van der Waals surface area contributed by atoms with Gasteiger partial charge in [-0.25, -0.2) is 0 Å². The maximum Gasteiger partial charge on any atom is 0.246 e. The van der Waals surface area contributed by atoms with Crippen LogP contribution >= 0.6 is 27.3 Å². The van der Waals surface area contributed by atoms with Gasteiger partial charge in [-0.1, -0.05) is 32.1 Å². The van der Waals surface area contributed by atoms with Crippen molar-refractivity contribution in [1.29, 1.82) is 0 Å². The molecule has 5 atom stereocenters. The Morgan fingerprint density at radius 2 is 2.24 bits per heavy atom. The number of hydrogen-bond donors (Lipinski definition) is 1. The second-order valence-corrected chi connectivity index (χ2v) is 13.3. The lowest BCUT2D eigenvalue weighted by Gasteiger charge is -2.64. The topological polar surface area (TPSA) is 53.0 Å². The number of ether oxygens (including phenoxy) is 1. The molecule has 2 aliphatic heterocycles. The van der Waals surface area contributed by atoms with Gasteiger partial charge in [-0.3, -0.25) is 9.69 Å². The number of rotatable bonds is 7. The van der Waals surface area contributed by atoms with Crippen molar-refractivity contribution in [3.63, 3.8) is 0 Å². The lowest BCUT2D eigenvalue weighted by Crippen LogP contribution is -2.78. The molecule has 2 bridgehead atoms. The molecule has 3 heterocycles. The minimum absolute atomic E-state index is 0.0151. The average Bonchev–Trinajstić information content (AvgIpc) is 3.43. The highest BCUT2D eigenvalue weighted by Gasteiger charge is 2.73. The Bertz CT molecular complexity index is 1260. The van der Waals surface area contributed by atoms with E-state index in [0.717, 1.165) is 47.5 Å². The van der Waals surface area contributed by atoms with Crippen LogP contribution in [0.5, 0.6) is 5.75 Å². The molecule has 196 valence electrons. The van der Waals surface area contributed by atoms with Crippen molar-refractivity contribution < 1.29 is 14.6 Å². The summed E-state index contributed by atoms with van der Waals surface area (Å²) in [6.07, 6.45) is 8.34. The van der Waals surface area contributed by atoms with Gasteiger partial charge in [0.25, 0.3) is 0 Å². The summed E-state index contributed by atoms with van der Waals surface area (Å²) >= 11 is 5.11. The molecule has 0 unspecified atom stereocenters. The molecule has 0 radical (unpaired) electrons. The summed E-state index contributed by atoms with van der Waals surface area (Å²) in [6, 6.07) is 8.30. The standard InChI is InChI=1S/C30H35BrN2O3S/c1-4-13-32-14-12-29-27-20-6-5-7-24(27)36-28(29)23(10-11-30(29,35)25(32)15-20)33(17-19(2)3)26(34)9-8-22-16-21(31)18-37-22/h4-9,16,18-19,23,25,28,35H,1,10-15,17H2,2-3H3/b9-8+/t23-,25+,28-,29-,30+/m0/s1. The zero-order valence-corrected chi connectivity index (χ0v) is 23.9. The Morgan fingerprint density at radius 3 is 2.97 bits per heavy atom. The van der Waals surface area contributed by atoms with E-state index in [2.05, 4.69) is 59.5 Å². The number of thiophene rings is 1. The third kappa shape index (κ3) is 3.80. The van der Waals surface area contributed by atoms with E-state index < -0.39 is 11.0 Å². The van der Waals surface area contributed by atoms with Crippen molar-refractivity contribution in [2.24, 2.45) is 5.92 Å². The number of benzene rings is 1. The molecule has 1 saturated heterocycles. The minimum atomic E-state index is -0.888. The van der Waals surface area contributed by atoms with E-state index in [4.69, 9.17) is 4.74 Å². The third-order valence-electron chi connectivity index (χ3n) is 9.03. The van der Waals surface area contributed by atoms with Crippen molar-refractivity contribution in [3.8, 4) is 5.75 Å². The second-order valence-electron chi connectivity index (χ2n) is 11.5. The molecule has 1 spiro atoms. The van der Waals surface area contributed by atoms with Crippen LogP contribution in [0.4, 0.5) is 0 Å². The van der Waals surface area contributed by atoms with Crippen LogP contribution in [0, 0.1) is 5.92 Å². The first-order valence-corrected chi connectivity index (χ1v) is 15.0. The Balaban J connectivity index is 1.40. The van der Waals surface area contributed by atoms with Crippen LogP contribution in [-0.2, 0) is 16.6 Å². The van der Waals surface area contributed by atoms with Gasteiger partial charge in [0.1, 0.15) is 11.9 Å². The van der Waals surface area contributed by atoms with E-state index in [0.29, 0.717) is 18.9 Å². The Morgan fingerprint density at radius 1 is 1.41 bits per heavy atom. The van der Waals surface area contributed by atoms with Crippen LogP contribution in [0.25, 0.3) is 6.08 Å². The molecule has 37 heavy (non-hydrogen) atoms. The first-order chi connectivity index (χ1) is 17.8. The van der Waals surface area contributed by atoms with Crippen molar-refractivity contribution in [3.05, 3.63) is 68.9 Å². The number of aliphatic hydroxyl groups is 1. The summed E-state index contributed by atoms with van der Waals surface area (Å²) in [5.74, 6) is 1.24. The number of carbonyl (C=O) groups is 1. The molecule has 5 nitrogen and oxygen atoms in total. The second kappa shape index (κ2) is 9.37. The van der Waals surface area contributed by atoms with E-state index in [9.17, 15) is 9.90 Å². The summed E-state index contributed by atoms with van der Waals surface area (Å²) in [6.45, 7) is 10.6. The van der Waals surface area contributed by atoms with Gasteiger partial charge in [0, 0.05) is 45.5 Å². The Hall–Kier alpha value is -1.93. The van der Waals surface area contributed by atoms with Gasteiger partial charge in [-0.15, -0.1) is 17.9 Å². The molecule has 2 aromatic rings. The molecule has 1 saturated carbocycles. The number of halogens is 1. The molecular formula is C30H35BrN2O3S. The predicted molar refractivity (Wildman–Crippen MR) is 152 cm³/mol. The van der Waals surface area contributed by atoms with Gasteiger partial charge in [-0.2, -0.15) is 0 Å². The monoisotopic (exact) mass is 582 g/mol. The van der Waals surface area contributed by atoms with Crippen LogP contribution in [0.1, 0.15) is 49.1 Å². The largest absolute Gasteiger partial charge is 0.487 e. The quantitative estimate of drug-likeness (QED) is 0.350. The lowest BCUT2D eigenvalue weighted by atomic mass is 9.48. The van der Waals surface area contributed by atoms with Gasteiger partial charge in [0.15, 0.2) is 0 Å². The van der Waals surface area contributed by atoms with E-state index in [1.807, 2.05) is 28.5 Å². The Labute approximate surface area is 231 Å². The molecule has 4 aliphatic rings. The van der Waals surface area contributed by atoms with Crippen molar-refractivity contribution in [1.82, 2.24) is 9.80 Å². The maximum absolute atomic E-state index is 13.8. The van der Waals surface area contributed by atoms with Gasteiger partial charge >= 0.3 is 0 Å². The molecule has 2 fully saturated rings. The average molecular weight is 584 g/mol. The molecule has 1 aromatic heterocycles. The van der Waals surface area contributed by atoms with Gasteiger partial charge in [0.2, 0.25) is 5.91 Å². The smallest absolute Gasteiger partial charge is 0.246 e. The summed E-state index contributed by atoms with van der Waals surface area (Å²) in [7, 11) is 0. The number of carbonyl (C=O) groups excluding carboxylic acids is 1. The molecule has 2 aliphatic carbocycles. The summed E-state index contributed by atoms with van der Waals surface area (Å²) < 4.78 is 7.83. The van der Waals surface area contributed by atoms with Gasteiger partial charge < -0.3 is 14.7 Å². The minimum Gasteiger partial charge on any atom is -0.487 e. The first-order valence-electron chi connectivity index (χ1n) is 13.4. The summed E-state index contributed by atoms with van der Waals surface area (Å²) in [4.78, 5) is 19.2. The SMILES string of the molecule is C=CCN1CC[C@]23c4c5cccc4O[C@H]2[C@@H](N(CC(C)C)C(=O)/C=C/c2cc(Br)cs2)CC[C@@]3(O)[C@H]1C5. The molecule has 1 N–H and O–H groups in total. The van der Waals surface area contributed by atoms with Crippen molar-refractivity contribution >= 4 is 39.2 Å².